The summed E-state index contributed by atoms with van der Waals surface area (Å²) < 4.78 is 7.36. The molecular formula is C19H22N6O3. The molecule has 0 spiro atoms. The van der Waals surface area contributed by atoms with Crippen molar-refractivity contribution in [2.75, 3.05) is 20.1 Å². The van der Waals surface area contributed by atoms with Crippen molar-refractivity contribution in [3.63, 3.8) is 0 Å². The lowest BCUT2D eigenvalue weighted by Gasteiger charge is -2.32. The van der Waals surface area contributed by atoms with Crippen LogP contribution in [0.25, 0.3) is 0 Å². The van der Waals surface area contributed by atoms with Crippen LogP contribution in [0.2, 0.25) is 0 Å². The lowest BCUT2D eigenvalue weighted by Crippen LogP contribution is -2.39. The number of piperidine rings is 1. The number of carbonyl (C=O) groups excluding carboxylic acids is 2. The Bertz CT molecular complexity index is 958. The summed E-state index contributed by atoms with van der Waals surface area (Å²) in [7, 11) is 1.61. The number of nitrogens with one attached hydrogen (secondary N) is 2. The lowest BCUT2D eigenvalue weighted by atomic mass is 9.92. The highest BCUT2D eigenvalue weighted by molar-refractivity contribution is 5.95. The van der Waals surface area contributed by atoms with Crippen LogP contribution in [0.15, 0.2) is 41.5 Å². The van der Waals surface area contributed by atoms with Crippen LogP contribution in [0, 0.1) is 0 Å². The second-order valence-corrected chi connectivity index (χ2v) is 6.83. The van der Waals surface area contributed by atoms with Gasteiger partial charge in [0.15, 0.2) is 5.76 Å². The number of carbonyl (C=O) groups is 2. The molecule has 9 nitrogen and oxygen atoms in total. The van der Waals surface area contributed by atoms with Gasteiger partial charge in [-0.25, -0.2) is 9.67 Å². The molecule has 0 aliphatic carbocycles. The van der Waals surface area contributed by atoms with Gasteiger partial charge in [-0.1, -0.05) is 0 Å². The second-order valence-electron chi connectivity index (χ2n) is 6.83. The summed E-state index contributed by atoms with van der Waals surface area (Å²) >= 11 is 0. The van der Waals surface area contributed by atoms with Gasteiger partial charge in [0.25, 0.3) is 11.8 Å². The smallest absolute Gasteiger partial charge is 0.289 e. The molecule has 28 heavy (non-hydrogen) atoms. The molecule has 4 heterocycles. The van der Waals surface area contributed by atoms with Gasteiger partial charge in [0.1, 0.15) is 25.0 Å². The van der Waals surface area contributed by atoms with E-state index >= 15 is 0 Å². The summed E-state index contributed by atoms with van der Waals surface area (Å²) in [5, 5.41) is 6.70. The Morgan fingerprint density at radius 3 is 3.04 bits per heavy atom. The molecule has 0 aromatic carbocycles. The molecule has 0 radical (unpaired) electrons. The molecular weight excluding hydrogens is 360 g/mol. The summed E-state index contributed by atoms with van der Waals surface area (Å²) in [5.41, 5.74) is 1.51. The average Bonchev–Trinajstić information content (AvgIpc) is 3.49. The first-order chi connectivity index (χ1) is 13.7. The van der Waals surface area contributed by atoms with Crippen molar-refractivity contribution in [3.05, 3.63) is 59.8 Å². The van der Waals surface area contributed by atoms with E-state index in [1.165, 1.54) is 6.33 Å². The minimum Gasteiger partial charge on any atom is -0.454 e. The summed E-state index contributed by atoms with van der Waals surface area (Å²) in [6.45, 7) is 1.64. The quantitative estimate of drug-likeness (QED) is 0.697. The van der Waals surface area contributed by atoms with Crippen molar-refractivity contribution >= 4 is 11.8 Å². The number of amides is 2. The van der Waals surface area contributed by atoms with E-state index in [9.17, 15) is 9.59 Å². The fourth-order valence-corrected chi connectivity index (χ4v) is 3.66. The Labute approximate surface area is 161 Å². The Hall–Kier alpha value is -3.36. The predicted octanol–water partition coefficient (Wildman–Crippen LogP) is 1.63. The summed E-state index contributed by atoms with van der Waals surface area (Å²) in [4.78, 5) is 33.9. The minimum absolute atomic E-state index is 0.0876. The Morgan fingerprint density at radius 2 is 2.25 bits per heavy atom. The first-order valence-corrected chi connectivity index (χ1v) is 9.25. The van der Waals surface area contributed by atoms with Crippen LogP contribution in [-0.2, 0) is 6.54 Å². The van der Waals surface area contributed by atoms with E-state index in [0.717, 1.165) is 18.5 Å². The second kappa shape index (κ2) is 7.71. The minimum atomic E-state index is -0.136. The SMILES string of the molecule is CNC(=O)c1cc[nH]c1C1CCCN(C(=O)c2ccc(Cn3cncn3)o2)C1. The Balaban J connectivity index is 1.46. The monoisotopic (exact) mass is 382 g/mol. The zero-order valence-electron chi connectivity index (χ0n) is 15.6. The number of H-pyrrole nitrogens is 1. The van der Waals surface area contributed by atoms with Gasteiger partial charge in [0.05, 0.1) is 5.56 Å². The number of nitrogens with zero attached hydrogens (tertiary/aromatic N) is 4. The first-order valence-electron chi connectivity index (χ1n) is 9.25. The molecule has 1 atom stereocenters. The van der Waals surface area contributed by atoms with Gasteiger partial charge >= 0.3 is 0 Å². The molecule has 1 aliphatic rings. The molecule has 2 amide bonds. The van der Waals surface area contributed by atoms with Crippen molar-refractivity contribution in [1.82, 2.24) is 30.0 Å². The summed E-state index contributed by atoms with van der Waals surface area (Å²) in [6.07, 6.45) is 6.61. The topological polar surface area (TPSA) is 109 Å². The molecule has 9 heteroatoms. The van der Waals surface area contributed by atoms with Gasteiger partial charge in [0.2, 0.25) is 0 Å². The van der Waals surface area contributed by atoms with Crippen LogP contribution in [0.4, 0.5) is 0 Å². The van der Waals surface area contributed by atoms with Crippen LogP contribution < -0.4 is 5.32 Å². The van der Waals surface area contributed by atoms with Crippen molar-refractivity contribution in [2.24, 2.45) is 0 Å². The van der Waals surface area contributed by atoms with Crippen LogP contribution >= 0.6 is 0 Å². The Kier molecular flexibility index (Phi) is 4.96. The maximum atomic E-state index is 12.9. The van der Waals surface area contributed by atoms with Crippen LogP contribution in [0.1, 0.15) is 51.1 Å². The van der Waals surface area contributed by atoms with E-state index in [4.69, 9.17) is 4.42 Å². The van der Waals surface area contributed by atoms with Crippen molar-refractivity contribution in [2.45, 2.75) is 25.3 Å². The lowest BCUT2D eigenvalue weighted by molar-refractivity contribution is 0.0671. The van der Waals surface area contributed by atoms with Gasteiger partial charge < -0.3 is 19.6 Å². The van der Waals surface area contributed by atoms with E-state index in [1.807, 2.05) is 0 Å². The van der Waals surface area contributed by atoms with Crippen LogP contribution in [-0.4, -0.2) is 56.6 Å². The standard InChI is InChI=1S/C19H22N6O3/c1-20-18(26)15-6-7-22-17(15)13-3-2-8-24(9-13)19(27)16-5-4-14(28-16)10-25-12-21-11-23-25/h4-7,11-13,22H,2-3,8-10H2,1H3,(H,20,26). The number of rotatable bonds is 5. The zero-order chi connectivity index (χ0) is 19.5. The van der Waals surface area contributed by atoms with E-state index < -0.39 is 0 Å². The molecule has 0 bridgehead atoms. The van der Waals surface area contributed by atoms with E-state index in [2.05, 4.69) is 20.4 Å². The number of furan rings is 1. The average molecular weight is 382 g/mol. The largest absolute Gasteiger partial charge is 0.454 e. The predicted molar refractivity (Wildman–Crippen MR) is 99.9 cm³/mol. The van der Waals surface area contributed by atoms with Gasteiger partial charge in [0, 0.05) is 37.9 Å². The molecule has 1 aliphatic heterocycles. The maximum absolute atomic E-state index is 12.9. The first kappa shape index (κ1) is 18.0. The van der Waals surface area contributed by atoms with Gasteiger partial charge in [-0.3, -0.25) is 9.59 Å². The number of hydrogen-bond acceptors (Lipinski definition) is 5. The molecule has 1 unspecified atom stereocenters. The third-order valence-electron chi connectivity index (χ3n) is 5.02. The number of likely N-dealkylation sites (tertiary alicyclic amines) is 1. The maximum Gasteiger partial charge on any atom is 0.289 e. The number of hydrogen-bond donors (Lipinski definition) is 2. The highest BCUT2D eigenvalue weighted by Gasteiger charge is 2.29. The fraction of sp³-hybridized carbons (Fsp3) is 0.368. The molecule has 146 valence electrons. The van der Waals surface area contributed by atoms with Crippen molar-refractivity contribution < 1.29 is 14.0 Å². The van der Waals surface area contributed by atoms with Crippen LogP contribution in [0.3, 0.4) is 0 Å². The summed E-state index contributed by atoms with van der Waals surface area (Å²) in [6, 6.07) is 5.26. The van der Waals surface area contributed by atoms with Crippen LogP contribution in [0.5, 0.6) is 0 Å². The van der Waals surface area contributed by atoms with Gasteiger partial charge in [-0.2, -0.15) is 5.10 Å². The molecule has 2 N–H and O–H groups in total. The highest BCUT2D eigenvalue weighted by Crippen LogP contribution is 2.29. The Morgan fingerprint density at radius 1 is 1.36 bits per heavy atom. The van der Waals surface area contributed by atoms with Crippen molar-refractivity contribution in [1.29, 1.82) is 0 Å². The zero-order valence-corrected chi connectivity index (χ0v) is 15.6. The third-order valence-corrected chi connectivity index (χ3v) is 5.02. The molecule has 3 aromatic heterocycles. The number of aromatic amines is 1. The molecule has 3 aromatic rings. The van der Waals surface area contributed by atoms with Gasteiger partial charge in [-0.05, 0) is 31.0 Å². The molecule has 4 rings (SSSR count). The number of aromatic nitrogens is 4. The normalized spacial score (nSPS) is 16.9. The van der Waals surface area contributed by atoms with E-state index in [0.29, 0.717) is 36.7 Å². The fourth-order valence-electron chi connectivity index (χ4n) is 3.66. The molecule has 0 saturated carbocycles. The highest BCUT2D eigenvalue weighted by atomic mass is 16.4. The summed E-state index contributed by atoms with van der Waals surface area (Å²) in [5.74, 6) is 0.790. The molecule has 1 saturated heterocycles. The van der Waals surface area contributed by atoms with Gasteiger partial charge in [-0.15, -0.1) is 0 Å². The van der Waals surface area contributed by atoms with E-state index in [-0.39, 0.29) is 17.7 Å². The van der Waals surface area contributed by atoms with E-state index in [1.54, 1.807) is 47.4 Å². The van der Waals surface area contributed by atoms with Crippen molar-refractivity contribution in [3.8, 4) is 0 Å². The molecule has 1 fully saturated rings. The third kappa shape index (κ3) is 3.55.